The zero-order valence-electron chi connectivity index (χ0n) is 13.6. The first-order chi connectivity index (χ1) is 11.6. The maximum absolute atomic E-state index is 12.7. The number of hydrogen-bond donors (Lipinski definition) is 2. The van der Waals surface area contributed by atoms with Gasteiger partial charge in [0, 0.05) is 17.6 Å². The highest BCUT2D eigenvalue weighted by Gasteiger charge is 2.27. The Balaban J connectivity index is 1.72. The molecular formula is C18H17N5O. The van der Waals surface area contributed by atoms with Crippen LogP contribution in [0.2, 0.25) is 0 Å². The average Bonchev–Trinajstić information content (AvgIpc) is 3.01. The maximum Gasteiger partial charge on any atom is 0.276 e. The second kappa shape index (κ2) is 5.56. The molecule has 0 bridgehead atoms. The molecule has 1 aliphatic rings. The third-order valence-electron chi connectivity index (χ3n) is 4.23. The van der Waals surface area contributed by atoms with E-state index in [9.17, 15) is 4.79 Å². The van der Waals surface area contributed by atoms with Crippen LogP contribution in [0.1, 0.15) is 33.1 Å². The second-order valence-electron chi connectivity index (χ2n) is 6.04. The van der Waals surface area contributed by atoms with E-state index in [1.165, 1.54) is 0 Å². The van der Waals surface area contributed by atoms with Crippen molar-refractivity contribution in [1.29, 1.82) is 0 Å². The Morgan fingerprint density at radius 1 is 1.17 bits per heavy atom. The summed E-state index contributed by atoms with van der Waals surface area (Å²) in [6.45, 7) is 3.86. The molecular weight excluding hydrogens is 302 g/mol. The third kappa shape index (κ3) is 2.46. The van der Waals surface area contributed by atoms with Gasteiger partial charge in [-0.25, -0.2) is 9.97 Å². The number of benzene rings is 1. The molecule has 0 saturated heterocycles. The molecule has 3 aromatic rings. The van der Waals surface area contributed by atoms with Crippen molar-refractivity contribution in [3.8, 4) is 11.3 Å². The highest BCUT2D eigenvalue weighted by Crippen LogP contribution is 2.33. The fourth-order valence-electron chi connectivity index (χ4n) is 2.96. The zero-order chi connectivity index (χ0) is 16.7. The molecule has 120 valence electrons. The van der Waals surface area contributed by atoms with E-state index >= 15 is 0 Å². The number of carbonyl (C=O) groups excluding carboxylic acids is 1. The molecule has 4 rings (SSSR count). The van der Waals surface area contributed by atoms with Crippen molar-refractivity contribution in [1.82, 2.24) is 20.2 Å². The summed E-state index contributed by atoms with van der Waals surface area (Å²) >= 11 is 0. The van der Waals surface area contributed by atoms with Crippen molar-refractivity contribution in [2.45, 2.75) is 26.7 Å². The van der Waals surface area contributed by atoms with E-state index in [1.807, 2.05) is 44.3 Å². The molecule has 0 unspecified atom stereocenters. The Morgan fingerprint density at radius 2 is 1.96 bits per heavy atom. The van der Waals surface area contributed by atoms with Gasteiger partial charge in [0.25, 0.3) is 5.91 Å². The molecule has 2 heterocycles. The molecule has 1 aliphatic carbocycles. The number of hydrogen-bond acceptors (Lipinski definition) is 4. The highest BCUT2D eigenvalue weighted by molar-refractivity contribution is 6.07. The predicted molar refractivity (Wildman–Crippen MR) is 90.9 cm³/mol. The SMILES string of the molecule is Cc1ccc(NC(=O)c2n[nH]c3c2-c2nc(C)ncc2CC3)cc1. The van der Waals surface area contributed by atoms with Gasteiger partial charge in [-0.2, -0.15) is 5.10 Å². The fourth-order valence-corrected chi connectivity index (χ4v) is 2.96. The van der Waals surface area contributed by atoms with Crippen LogP contribution in [0.5, 0.6) is 0 Å². The molecule has 0 aliphatic heterocycles. The summed E-state index contributed by atoms with van der Waals surface area (Å²) in [7, 11) is 0. The summed E-state index contributed by atoms with van der Waals surface area (Å²) in [5.74, 6) is 0.452. The number of carbonyl (C=O) groups is 1. The number of nitrogens with one attached hydrogen (secondary N) is 2. The van der Waals surface area contributed by atoms with Gasteiger partial charge in [0.1, 0.15) is 5.82 Å². The molecule has 0 radical (unpaired) electrons. The lowest BCUT2D eigenvalue weighted by Gasteiger charge is -2.15. The molecule has 6 nitrogen and oxygen atoms in total. The third-order valence-corrected chi connectivity index (χ3v) is 4.23. The van der Waals surface area contributed by atoms with Crippen LogP contribution in [0, 0.1) is 13.8 Å². The predicted octanol–water partition coefficient (Wildman–Crippen LogP) is 2.83. The van der Waals surface area contributed by atoms with Crippen LogP contribution in [-0.2, 0) is 12.8 Å². The van der Waals surface area contributed by atoms with Crippen LogP contribution in [0.25, 0.3) is 11.3 Å². The van der Waals surface area contributed by atoms with Gasteiger partial charge in [-0.1, -0.05) is 17.7 Å². The molecule has 0 atom stereocenters. The summed E-state index contributed by atoms with van der Waals surface area (Å²) in [6, 6.07) is 7.68. The minimum absolute atomic E-state index is 0.236. The van der Waals surface area contributed by atoms with Gasteiger partial charge in [0.05, 0.1) is 11.3 Å². The van der Waals surface area contributed by atoms with E-state index in [-0.39, 0.29) is 5.91 Å². The first-order valence-corrected chi connectivity index (χ1v) is 7.90. The number of anilines is 1. The van der Waals surface area contributed by atoms with Crippen LogP contribution < -0.4 is 5.32 Å². The lowest BCUT2D eigenvalue weighted by atomic mass is 9.93. The Morgan fingerprint density at radius 3 is 2.75 bits per heavy atom. The zero-order valence-corrected chi connectivity index (χ0v) is 13.6. The number of aromatic amines is 1. The van der Waals surface area contributed by atoms with Crippen molar-refractivity contribution in [3.63, 3.8) is 0 Å². The highest BCUT2D eigenvalue weighted by atomic mass is 16.1. The van der Waals surface area contributed by atoms with Crippen LogP contribution in [0.3, 0.4) is 0 Å². The summed E-state index contributed by atoms with van der Waals surface area (Å²) in [6.07, 6.45) is 3.50. The molecule has 1 aromatic carbocycles. The summed E-state index contributed by atoms with van der Waals surface area (Å²) in [4.78, 5) is 21.5. The van der Waals surface area contributed by atoms with Gasteiger partial charge in [-0.3, -0.25) is 9.89 Å². The second-order valence-corrected chi connectivity index (χ2v) is 6.04. The minimum Gasteiger partial charge on any atom is -0.321 e. The van der Waals surface area contributed by atoms with Crippen molar-refractivity contribution in [3.05, 3.63) is 58.8 Å². The van der Waals surface area contributed by atoms with Gasteiger partial charge in [-0.05, 0) is 44.4 Å². The normalized spacial score (nSPS) is 12.4. The quantitative estimate of drug-likeness (QED) is 0.761. The fraction of sp³-hybridized carbons (Fsp3) is 0.222. The van der Waals surface area contributed by atoms with Crippen molar-refractivity contribution in [2.24, 2.45) is 0 Å². The van der Waals surface area contributed by atoms with Crippen LogP contribution in [0.4, 0.5) is 5.69 Å². The Labute approximate surface area is 139 Å². The van der Waals surface area contributed by atoms with E-state index in [1.54, 1.807) is 0 Å². The van der Waals surface area contributed by atoms with Gasteiger partial charge in [-0.15, -0.1) is 0 Å². The van der Waals surface area contributed by atoms with Gasteiger partial charge < -0.3 is 5.32 Å². The summed E-state index contributed by atoms with van der Waals surface area (Å²) < 4.78 is 0. The van der Waals surface area contributed by atoms with Crippen molar-refractivity contribution in [2.75, 3.05) is 5.32 Å². The van der Waals surface area contributed by atoms with E-state index in [0.29, 0.717) is 11.5 Å². The molecule has 24 heavy (non-hydrogen) atoms. The van der Waals surface area contributed by atoms with Gasteiger partial charge >= 0.3 is 0 Å². The molecule has 0 fully saturated rings. The first-order valence-electron chi connectivity index (χ1n) is 7.90. The van der Waals surface area contributed by atoms with Crippen molar-refractivity contribution < 1.29 is 4.79 Å². The molecule has 1 amide bonds. The molecule has 6 heteroatoms. The number of H-pyrrole nitrogens is 1. The van der Waals surface area contributed by atoms with Crippen LogP contribution >= 0.6 is 0 Å². The Bertz CT molecular complexity index is 927. The monoisotopic (exact) mass is 319 g/mol. The molecule has 2 aromatic heterocycles. The lowest BCUT2D eigenvalue weighted by Crippen LogP contribution is -2.15. The molecule has 0 spiro atoms. The van der Waals surface area contributed by atoms with Crippen LogP contribution in [-0.4, -0.2) is 26.1 Å². The van der Waals surface area contributed by atoms with E-state index in [0.717, 1.165) is 46.6 Å². The number of rotatable bonds is 2. The van der Waals surface area contributed by atoms with E-state index in [2.05, 4.69) is 25.5 Å². The summed E-state index contributed by atoms with van der Waals surface area (Å²) in [5.41, 5.74) is 5.89. The van der Waals surface area contributed by atoms with E-state index in [4.69, 9.17) is 0 Å². The topological polar surface area (TPSA) is 83.6 Å². The van der Waals surface area contributed by atoms with Gasteiger partial charge in [0.15, 0.2) is 5.69 Å². The van der Waals surface area contributed by atoms with Crippen LogP contribution in [0.15, 0.2) is 30.5 Å². The average molecular weight is 319 g/mol. The van der Waals surface area contributed by atoms with Gasteiger partial charge in [0.2, 0.25) is 0 Å². The molecule has 2 N–H and O–H groups in total. The van der Waals surface area contributed by atoms with Crippen molar-refractivity contribution >= 4 is 11.6 Å². The standard InChI is InChI=1S/C18H17N5O/c1-10-3-6-13(7-4-10)21-18(24)17-15-14(22-23-17)8-5-12-9-19-11(2)20-16(12)15/h3-4,6-7,9H,5,8H2,1-2H3,(H,21,24)(H,22,23). The number of fused-ring (bicyclic) bond motifs is 3. The Kier molecular flexibility index (Phi) is 3.37. The maximum atomic E-state index is 12.7. The smallest absolute Gasteiger partial charge is 0.276 e. The largest absolute Gasteiger partial charge is 0.321 e. The van der Waals surface area contributed by atoms with E-state index < -0.39 is 0 Å². The minimum atomic E-state index is -0.236. The number of aryl methyl sites for hydroxylation is 4. The lowest BCUT2D eigenvalue weighted by molar-refractivity contribution is 0.102. The number of nitrogens with zero attached hydrogens (tertiary/aromatic N) is 3. The molecule has 0 saturated carbocycles. The Hall–Kier alpha value is -3.02. The first kappa shape index (κ1) is 14.6. The number of amides is 1. The number of aromatic nitrogens is 4. The summed E-state index contributed by atoms with van der Waals surface area (Å²) in [5, 5.41) is 10.1.